The normalized spacial score (nSPS) is 27.7. The Morgan fingerprint density at radius 2 is 1.79 bits per heavy atom. The number of rotatable bonds is 5. The van der Waals surface area contributed by atoms with Gasteiger partial charge in [0.05, 0.1) is 11.1 Å². The van der Waals surface area contributed by atoms with Crippen molar-refractivity contribution in [2.24, 2.45) is 11.8 Å². The topological polar surface area (TPSA) is 66.5 Å². The summed E-state index contributed by atoms with van der Waals surface area (Å²) < 4.78 is 0. The van der Waals surface area contributed by atoms with Crippen molar-refractivity contribution in [3.63, 3.8) is 0 Å². The van der Waals surface area contributed by atoms with Gasteiger partial charge in [-0.05, 0) is 49.7 Å². The van der Waals surface area contributed by atoms with E-state index in [2.05, 4.69) is 5.32 Å². The molecule has 2 saturated carbocycles. The van der Waals surface area contributed by atoms with Gasteiger partial charge in [0.25, 0.3) is 11.8 Å². The molecule has 2 fully saturated rings. The van der Waals surface area contributed by atoms with Crippen LogP contribution in [0.4, 0.5) is 0 Å². The highest BCUT2D eigenvalue weighted by molar-refractivity contribution is 6.21. The lowest BCUT2D eigenvalue weighted by molar-refractivity contribution is -0.122. The molecule has 0 radical (unpaired) electrons. The van der Waals surface area contributed by atoms with Crippen LogP contribution in [0.1, 0.15) is 59.2 Å². The predicted octanol–water partition coefficient (Wildman–Crippen LogP) is 2.37. The number of hydrogen-bond donors (Lipinski definition) is 1. The van der Waals surface area contributed by atoms with Crippen LogP contribution in [0.25, 0.3) is 0 Å². The van der Waals surface area contributed by atoms with E-state index in [0.717, 1.165) is 12.3 Å². The van der Waals surface area contributed by atoms with Gasteiger partial charge < -0.3 is 5.32 Å². The molecule has 3 atom stereocenters. The number of nitrogens with zero attached hydrogens (tertiary/aromatic N) is 1. The SMILES string of the molecule is O=C(CCCN1C(=O)c2ccccc2C1=O)N[C@H]1C[C@H]2CC[C@@H]1C2. The van der Waals surface area contributed by atoms with E-state index in [-0.39, 0.29) is 17.7 Å². The Hall–Kier alpha value is -2.17. The van der Waals surface area contributed by atoms with Gasteiger partial charge in [-0.3, -0.25) is 19.3 Å². The van der Waals surface area contributed by atoms with Crippen molar-refractivity contribution in [2.75, 3.05) is 6.54 Å². The maximum Gasteiger partial charge on any atom is 0.261 e. The van der Waals surface area contributed by atoms with Crippen molar-refractivity contribution < 1.29 is 14.4 Å². The molecule has 24 heavy (non-hydrogen) atoms. The van der Waals surface area contributed by atoms with Crippen molar-refractivity contribution >= 4 is 17.7 Å². The molecule has 2 bridgehead atoms. The maximum absolute atomic E-state index is 12.3. The Morgan fingerprint density at radius 3 is 2.38 bits per heavy atom. The lowest BCUT2D eigenvalue weighted by Crippen LogP contribution is -2.39. The van der Waals surface area contributed by atoms with E-state index in [1.807, 2.05) is 0 Å². The number of carbonyl (C=O) groups excluding carboxylic acids is 3. The molecule has 0 aromatic heterocycles. The first-order chi connectivity index (χ1) is 11.6. The number of hydrogen-bond acceptors (Lipinski definition) is 3. The monoisotopic (exact) mass is 326 g/mol. The molecule has 5 nitrogen and oxygen atoms in total. The van der Waals surface area contributed by atoms with Gasteiger partial charge in [-0.25, -0.2) is 0 Å². The Kier molecular flexibility index (Phi) is 3.87. The molecule has 3 aliphatic rings. The zero-order valence-corrected chi connectivity index (χ0v) is 13.7. The Labute approximate surface area is 141 Å². The average molecular weight is 326 g/mol. The minimum atomic E-state index is -0.246. The van der Waals surface area contributed by atoms with Crippen LogP contribution >= 0.6 is 0 Å². The standard InChI is InChI=1S/C19H22N2O3/c22-17(20-16-11-12-7-8-13(16)10-12)6-3-9-21-18(23)14-4-1-2-5-15(14)19(21)24/h1-2,4-5,12-13,16H,3,6-11H2,(H,20,22)/t12-,13+,16-/m0/s1. The van der Waals surface area contributed by atoms with Crippen LogP contribution < -0.4 is 5.32 Å². The predicted molar refractivity (Wildman–Crippen MR) is 88.4 cm³/mol. The van der Waals surface area contributed by atoms with Gasteiger partial charge in [-0.15, -0.1) is 0 Å². The molecule has 3 amide bonds. The summed E-state index contributed by atoms with van der Waals surface area (Å²) in [5.41, 5.74) is 0.933. The molecule has 1 aromatic carbocycles. The van der Waals surface area contributed by atoms with Crippen LogP contribution in [0.3, 0.4) is 0 Å². The highest BCUT2D eigenvalue weighted by Gasteiger charge is 2.40. The first-order valence-electron chi connectivity index (χ1n) is 8.88. The van der Waals surface area contributed by atoms with E-state index < -0.39 is 0 Å². The zero-order valence-electron chi connectivity index (χ0n) is 13.7. The third kappa shape index (κ3) is 2.62. The second-order valence-corrected chi connectivity index (χ2v) is 7.26. The third-order valence-corrected chi connectivity index (χ3v) is 5.75. The summed E-state index contributed by atoms with van der Waals surface area (Å²) in [5, 5.41) is 3.15. The summed E-state index contributed by atoms with van der Waals surface area (Å²) >= 11 is 0. The van der Waals surface area contributed by atoms with Gasteiger partial charge >= 0.3 is 0 Å². The van der Waals surface area contributed by atoms with Gasteiger partial charge in [-0.2, -0.15) is 0 Å². The largest absolute Gasteiger partial charge is 0.353 e. The number of imide groups is 1. The van der Waals surface area contributed by atoms with E-state index >= 15 is 0 Å². The number of nitrogens with one attached hydrogen (secondary N) is 1. The summed E-state index contributed by atoms with van der Waals surface area (Å²) in [6.45, 7) is 0.302. The number of benzene rings is 1. The fraction of sp³-hybridized carbons (Fsp3) is 0.526. The second kappa shape index (κ2) is 6.04. The highest BCUT2D eigenvalue weighted by atomic mass is 16.2. The van der Waals surface area contributed by atoms with Gasteiger partial charge in [-0.1, -0.05) is 18.6 Å². The van der Waals surface area contributed by atoms with Crippen LogP contribution in [0.5, 0.6) is 0 Å². The van der Waals surface area contributed by atoms with Crippen LogP contribution in [0.2, 0.25) is 0 Å². The maximum atomic E-state index is 12.3. The van der Waals surface area contributed by atoms with E-state index in [1.165, 1.54) is 24.2 Å². The van der Waals surface area contributed by atoms with Gasteiger partial charge in [0.15, 0.2) is 0 Å². The average Bonchev–Trinajstić information content (AvgIpc) is 3.25. The quantitative estimate of drug-likeness (QED) is 0.845. The zero-order chi connectivity index (χ0) is 16.7. The van der Waals surface area contributed by atoms with Crippen molar-refractivity contribution in [3.05, 3.63) is 35.4 Å². The summed E-state index contributed by atoms with van der Waals surface area (Å²) in [7, 11) is 0. The lowest BCUT2D eigenvalue weighted by atomic mass is 9.95. The molecule has 1 aromatic rings. The molecule has 0 unspecified atom stereocenters. The Balaban J connectivity index is 1.27. The third-order valence-electron chi connectivity index (χ3n) is 5.75. The molecule has 1 N–H and O–H groups in total. The summed E-state index contributed by atoms with van der Waals surface area (Å²) in [6.07, 6.45) is 5.82. The molecule has 2 aliphatic carbocycles. The van der Waals surface area contributed by atoms with Crippen molar-refractivity contribution in [3.8, 4) is 0 Å². The Bertz CT molecular complexity index is 665. The Morgan fingerprint density at radius 1 is 1.08 bits per heavy atom. The molecule has 0 saturated heterocycles. The minimum Gasteiger partial charge on any atom is -0.353 e. The van der Waals surface area contributed by atoms with Crippen LogP contribution in [0.15, 0.2) is 24.3 Å². The fourth-order valence-electron chi connectivity index (χ4n) is 4.54. The van der Waals surface area contributed by atoms with Crippen LogP contribution in [-0.2, 0) is 4.79 Å². The molecular weight excluding hydrogens is 304 g/mol. The van der Waals surface area contributed by atoms with Crippen LogP contribution in [-0.4, -0.2) is 35.2 Å². The molecule has 0 spiro atoms. The van der Waals surface area contributed by atoms with Crippen molar-refractivity contribution in [1.29, 1.82) is 0 Å². The smallest absolute Gasteiger partial charge is 0.261 e. The summed E-state index contributed by atoms with van der Waals surface area (Å²) in [6, 6.07) is 7.22. The van der Waals surface area contributed by atoms with Crippen molar-refractivity contribution in [2.45, 2.75) is 44.6 Å². The summed E-state index contributed by atoms with van der Waals surface area (Å²) in [4.78, 5) is 37.9. The molecule has 1 heterocycles. The first kappa shape index (κ1) is 15.4. The molecule has 1 aliphatic heterocycles. The van der Waals surface area contributed by atoms with Crippen molar-refractivity contribution in [1.82, 2.24) is 10.2 Å². The molecule has 5 heteroatoms. The highest BCUT2D eigenvalue weighted by Crippen LogP contribution is 2.44. The van der Waals surface area contributed by atoms with E-state index in [4.69, 9.17) is 0 Å². The molecule has 126 valence electrons. The van der Waals surface area contributed by atoms with Gasteiger partial charge in [0, 0.05) is 19.0 Å². The van der Waals surface area contributed by atoms with Crippen LogP contribution in [0, 0.1) is 11.8 Å². The number of amides is 3. The first-order valence-corrected chi connectivity index (χ1v) is 8.88. The second-order valence-electron chi connectivity index (χ2n) is 7.26. The molecular formula is C19H22N2O3. The number of carbonyl (C=O) groups is 3. The number of fused-ring (bicyclic) bond motifs is 3. The van der Waals surface area contributed by atoms with E-state index in [9.17, 15) is 14.4 Å². The van der Waals surface area contributed by atoms with Gasteiger partial charge in [0.2, 0.25) is 5.91 Å². The lowest BCUT2D eigenvalue weighted by Gasteiger charge is -2.23. The van der Waals surface area contributed by atoms with E-state index in [0.29, 0.717) is 42.5 Å². The molecule has 4 rings (SSSR count). The van der Waals surface area contributed by atoms with E-state index in [1.54, 1.807) is 24.3 Å². The summed E-state index contributed by atoms with van der Waals surface area (Å²) in [5.74, 6) is 1.02. The van der Waals surface area contributed by atoms with Gasteiger partial charge in [0.1, 0.15) is 0 Å². The minimum absolute atomic E-state index is 0.0455. The fourth-order valence-corrected chi connectivity index (χ4v) is 4.54.